The van der Waals surface area contributed by atoms with Crippen LogP contribution in [0.3, 0.4) is 0 Å². The highest BCUT2D eigenvalue weighted by Gasteiger charge is 2.17. The predicted molar refractivity (Wildman–Crippen MR) is 73.9 cm³/mol. The summed E-state index contributed by atoms with van der Waals surface area (Å²) in [6, 6.07) is 6.74. The van der Waals surface area contributed by atoms with Crippen LogP contribution >= 0.6 is 11.6 Å². The highest BCUT2D eigenvalue weighted by molar-refractivity contribution is 6.30. The Labute approximate surface area is 113 Å². The van der Waals surface area contributed by atoms with Crippen LogP contribution in [0.5, 0.6) is 0 Å². The molecule has 100 valence electrons. The third-order valence-corrected chi connectivity index (χ3v) is 2.67. The van der Waals surface area contributed by atoms with Gasteiger partial charge in [-0.2, -0.15) is 0 Å². The van der Waals surface area contributed by atoms with E-state index in [1.54, 1.807) is 24.3 Å². The average molecular weight is 270 g/mol. The van der Waals surface area contributed by atoms with Crippen molar-refractivity contribution in [3.8, 4) is 0 Å². The van der Waals surface area contributed by atoms with E-state index in [-0.39, 0.29) is 17.9 Å². The minimum absolute atomic E-state index is 0.0419. The Balaban J connectivity index is 2.47. The highest BCUT2D eigenvalue weighted by atomic mass is 35.5. The first-order chi connectivity index (χ1) is 8.28. The van der Waals surface area contributed by atoms with Gasteiger partial charge in [0.05, 0.1) is 6.10 Å². The normalized spacial score (nSPS) is 13.2. The van der Waals surface area contributed by atoms with Crippen LogP contribution in [-0.4, -0.2) is 23.7 Å². The molecule has 0 saturated heterocycles. The molecule has 1 rings (SSSR count). The number of amides is 1. The average Bonchev–Trinajstić information content (AvgIpc) is 2.23. The first-order valence-corrected chi connectivity index (χ1v) is 6.37. The van der Waals surface area contributed by atoms with E-state index in [0.717, 1.165) is 0 Å². The van der Waals surface area contributed by atoms with Crippen molar-refractivity contribution in [3.05, 3.63) is 34.9 Å². The second kappa shape index (κ2) is 6.21. The molecule has 1 aromatic rings. The molecule has 0 fully saturated rings. The zero-order valence-corrected chi connectivity index (χ0v) is 11.8. The van der Waals surface area contributed by atoms with Crippen LogP contribution in [0.4, 0.5) is 0 Å². The van der Waals surface area contributed by atoms with Crippen molar-refractivity contribution in [2.45, 2.75) is 33.3 Å². The number of hydrogen-bond acceptors (Lipinski definition) is 2. The summed E-state index contributed by atoms with van der Waals surface area (Å²) in [5.41, 5.74) is 0.547. The second-order valence-corrected chi connectivity index (χ2v) is 6.08. The third kappa shape index (κ3) is 5.52. The predicted octanol–water partition coefficient (Wildman–Crippen LogP) is 2.87. The van der Waals surface area contributed by atoms with E-state index in [4.69, 9.17) is 11.6 Å². The fourth-order valence-corrected chi connectivity index (χ4v) is 1.91. The van der Waals surface area contributed by atoms with E-state index in [0.29, 0.717) is 17.0 Å². The van der Waals surface area contributed by atoms with Crippen LogP contribution in [0, 0.1) is 5.41 Å². The molecule has 0 aromatic heterocycles. The third-order valence-electron chi connectivity index (χ3n) is 2.43. The SMILES string of the molecule is CC(C)(C)CC(O)CNC(=O)c1cccc(Cl)c1. The van der Waals surface area contributed by atoms with E-state index in [1.807, 2.05) is 0 Å². The Hall–Kier alpha value is -1.06. The Morgan fingerprint density at radius 3 is 2.67 bits per heavy atom. The Morgan fingerprint density at radius 1 is 1.44 bits per heavy atom. The monoisotopic (exact) mass is 269 g/mol. The van der Waals surface area contributed by atoms with E-state index < -0.39 is 6.10 Å². The standard InChI is InChI=1S/C14H20ClNO2/c1-14(2,3)8-12(17)9-16-13(18)10-5-4-6-11(15)7-10/h4-7,12,17H,8-9H2,1-3H3,(H,16,18). The van der Waals surface area contributed by atoms with Gasteiger partial charge in [-0.3, -0.25) is 4.79 Å². The largest absolute Gasteiger partial charge is 0.391 e. The van der Waals surface area contributed by atoms with Crippen molar-refractivity contribution in [3.63, 3.8) is 0 Å². The molecule has 0 aliphatic rings. The lowest BCUT2D eigenvalue weighted by Crippen LogP contribution is -2.34. The molecule has 18 heavy (non-hydrogen) atoms. The summed E-state index contributed by atoms with van der Waals surface area (Å²) in [4.78, 5) is 11.8. The molecule has 4 heteroatoms. The van der Waals surface area contributed by atoms with Gasteiger partial charge in [0, 0.05) is 17.1 Å². The summed E-state index contributed by atoms with van der Waals surface area (Å²) in [5, 5.41) is 13.0. The Morgan fingerprint density at radius 2 is 2.11 bits per heavy atom. The molecular formula is C14H20ClNO2. The summed E-state index contributed by atoms with van der Waals surface area (Å²) >= 11 is 5.81. The molecule has 1 unspecified atom stereocenters. The molecular weight excluding hydrogens is 250 g/mol. The number of carbonyl (C=O) groups is 1. The minimum atomic E-state index is -0.534. The molecule has 0 aliphatic heterocycles. The topological polar surface area (TPSA) is 49.3 Å². The zero-order chi connectivity index (χ0) is 13.8. The summed E-state index contributed by atoms with van der Waals surface area (Å²) in [7, 11) is 0. The van der Waals surface area contributed by atoms with Crippen LogP contribution in [0.2, 0.25) is 5.02 Å². The van der Waals surface area contributed by atoms with Crippen molar-refractivity contribution in [1.29, 1.82) is 0 Å². The fraction of sp³-hybridized carbons (Fsp3) is 0.500. The van der Waals surface area contributed by atoms with Gasteiger partial charge in [-0.05, 0) is 30.0 Å². The van der Waals surface area contributed by atoms with Gasteiger partial charge in [-0.1, -0.05) is 38.4 Å². The number of nitrogens with one attached hydrogen (secondary N) is 1. The fourth-order valence-electron chi connectivity index (χ4n) is 1.72. The molecule has 1 aromatic carbocycles. The van der Waals surface area contributed by atoms with Gasteiger partial charge in [-0.15, -0.1) is 0 Å². The molecule has 3 nitrogen and oxygen atoms in total. The molecule has 0 aliphatic carbocycles. The smallest absolute Gasteiger partial charge is 0.251 e. The van der Waals surface area contributed by atoms with E-state index in [2.05, 4.69) is 26.1 Å². The number of carbonyl (C=O) groups excluding carboxylic acids is 1. The summed E-state index contributed by atoms with van der Waals surface area (Å²) in [5.74, 6) is -0.217. The zero-order valence-electron chi connectivity index (χ0n) is 11.0. The molecule has 0 spiro atoms. The number of halogens is 1. The van der Waals surface area contributed by atoms with Crippen molar-refractivity contribution in [1.82, 2.24) is 5.32 Å². The van der Waals surface area contributed by atoms with Gasteiger partial charge < -0.3 is 10.4 Å². The number of benzene rings is 1. The number of hydrogen-bond donors (Lipinski definition) is 2. The van der Waals surface area contributed by atoms with Crippen LogP contribution in [0.25, 0.3) is 0 Å². The summed E-state index contributed by atoms with van der Waals surface area (Å²) < 4.78 is 0. The van der Waals surface area contributed by atoms with Crippen molar-refractivity contribution < 1.29 is 9.90 Å². The van der Waals surface area contributed by atoms with Crippen molar-refractivity contribution >= 4 is 17.5 Å². The van der Waals surface area contributed by atoms with E-state index in [9.17, 15) is 9.90 Å². The first kappa shape index (κ1) is 15.0. The van der Waals surface area contributed by atoms with Crippen LogP contribution in [-0.2, 0) is 0 Å². The number of rotatable bonds is 4. The van der Waals surface area contributed by atoms with Crippen molar-refractivity contribution in [2.75, 3.05) is 6.54 Å². The van der Waals surface area contributed by atoms with Crippen LogP contribution < -0.4 is 5.32 Å². The molecule has 1 atom stereocenters. The first-order valence-electron chi connectivity index (χ1n) is 6.00. The van der Waals surface area contributed by atoms with E-state index in [1.165, 1.54) is 0 Å². The summed E-state index contributed by atoms with van der Waals surface area (Å²) in [6.07, 6.45) is 0.108. The summed E-state index contributed by atoms with van der Waals surface area (Å²) in [6.45, 7) is 6.40. The van der Waals surface area contributed by atoms with Gasteiger partial charge in [-0.25, -0.2) is 0 Å². The molecule has 2 N–H and O–H groups in total. The van der Waals surface area contributed by atoms with Gasteiger partial charge in [0.1, 0.15) is 0 Å². The molecule has 1 amide bonds. The van der Waals surface area contributed by atoms with Crippen LogP contribution in [0.1, 0.15) is 37.6 Å². The highest BCUT2D eigenvalue weighted by Crippen LogP contribution is 2.20. The molecule has 0 heterocycles. The second-order valence-electron chi connectivity index (χ2n) is 5.64. The molecule has 0 saturated carbocycles. The Bertz CT molecular complexity index is 413. The van der Waals surface area contributed by atoms with Crippen molar-refractivity contribution in [2.24, 2.45) is 5.41 Å². The maximum Gasteiger partial charge on any atom is 0.251 e. The van der Waals surface area contributed by atoms with Crippen LogP contribution in [0.15, 0.2) is 24.3 Å². The van der Waals surface area contributed by atoms with Gasteiger partial charge >= 0.3 is 0 Å². The number of aliphatic hydroxyl groups is 1. The van der Waals surface area contributed by atoms with Gasteiger partial charge in [0.25, 0.3) is 5.91 Å². The van der Waals surface area contributed by atoms with E-state index >= 15 is 0 Å². The lowest BCUT2D eigenvalue weighted by atomic mass is 9.89. The number of aliphatic hydroxyl groups excluding tert-OH is 1. The Kier molecular flexibility index (Phi) is 5.17. The lowest BCUT2D eigenvalue weighted by Gasteiger charge is -2.22. The molecule has 0 bridgehead atoms. The lowest BCUT2D eigenvalue weighted by molar-refractivity contribution is 0.0868. The molecule has 0 radical (unpaired) electrons. The maximum atomic E-state index is 11.8. The minimum Gasteiger partial charge on any atom is -0.391 e. The quantitative estimate of drug-likeness (QED) is 0.883. The van der Waals surface area contributed by atoms with Gasteiger partial charge in [0.15, 0.2) is 0 Å². The van der Waals surface area contributed by atoms with Gasteiger partial charge in [0.2, 0.25) is 0 Å². The maximum absolute atomic E-state index is 11.8.